The van der Waals surface area contributed by atoms with Gasteiger partial charge in [0.2, 0.25) is 15.9 Å². The van der Waals surface area contributed by atoms with Crippen LogP contribution in [0.1, 0.15) is 33.1 Å². The quantitative estimate of drug-likeness (QED) is 0.633. The third kappa shape index (κ3) is 7.49. The van der Waals surface area contributed by atoms with Gasteiger partial charge in [-0.15, -0.1) is 0 Å². The van der Waals surface area contributed by atoms with Crippen LogP contribution in [0.15, 0.2) is 0 Å². The molecule has 0 aliphatic carbocycles. The molecule has 0 bridgehead atoms. The van der Waals surface area contributed by atoms with Gasteiger partial charge in [-0.05, 0) is 45.7 Å². The van der Waals surface area contributed by atoms with E-state index in [0.717, 1.165) is 32.2 Å². The molecule has 1 amide bonds. The largest absolute Gasteiger partial charge is 0.354 e. The number of piperidine rings is 1. The van der Waals surface area contributed by atoms with E-state index in [1.807, 2.05) is 0 Å². The van der Waals surface area contributed by atoms with Crippen LogP contribution >= 0.6 is 0 Å². The Morgan fingerprint density at radius 1 is 1.32 bits per heavy atom. The van der Waals surface area contributed by atoms with Crippen LogP contribution in [0.4, 0.5) is 0 Å². The van der Waals surface area contributed by atoms with Crippen molar-refractivity contribution in [1.82, 2.24) is 15.4 Å². The van der Waals surface area contributed by atoms with Gasteiger partial charge < -0.3 is 10.6 Å². The molecule has 7 heteroatoms. The highest BCUT2D eigenvalue weighted by atomic mass is 32.2. The van der Waals surface area contributed by atoms with Crippen LogP contribution in [-0.4, -0.2) is 45.8 Å². The van der Waals surface area contributed by atoms with E-state index in [1.165, 1.54) is 0 Å². The Hall–Kier alpha value is -0.660. The Morgan fingerprint density at radius 3 is 2.42 bits per heavy atom. The summed E-state index contributed by atoms with van der Waals surface area (Å²) in [5.41, 5.74) is -0.669. The lowest BCUT2D eigenvalue weighted by Crippen LogP contribution is -2.51. The molecule has 0 atom stereocenters. The van der Waals surface area contributed by atoms with E-state index in [2.05, 4.69) is 15.4 Å². The van der Waals surface area contributed by atoms with Gasteiger partial charge in [0.25, 0.3) is 0 Å². The number of carbonyl (C=O) groups excluding carboxylic acids is 1. The van der Waals surface area contributed by atoms with Crippen molar-refractivity contribution < 1.29 is 13.2 Å². The monoisotopic (exact) mass is 291 g/mol. The van der Waals surface area contributed by atoms with Gasteiger partial charge in [-0.25, -0.2) is 13.1 Å². The zero-order chi connectivity index (χ0) is 14.5. The summed E-state index contributed by atoms with van der Waals surface area (Å²) in [7, 11) is -3.27. The highest BCUT2D eigenvalue weighted by Gasteiger charge is 2.23. The third-order valence-electron chi connectivity index (χ3n) is 3.12. The standard InChI is InChI=1S/C12H25N3O3S/c1-12(2,15-19(3,17)18)9-14-11(16)8-10-4-6-13-7-5-10/h10,13,15H,4-9H2,1-3H3,(H,14,16). The number of carbonyl (C=O) groups is 1. The average molecular weight is 291 g/mol. The number of rotatable bonds is 6. The molecular formula is C12H25N3O3S. The fraction of sp³-hybridized carbons (Fsp3) is 0.917. The van der Waals surface area contributed by atoms with E-state index in [-0.39, 0.29) is 5.91 Å². The topological polar surface area (TPSA) is 87.3 Å². The lowest BCUT2D eigenvalue weighted by atomic mass is 9.94. The molecule has 1 rings (SSSR count). The molecule has 0 aromatic rings. The van der Waals surface area contributed by atoms with Gasteiger partial charge >= 0.3 is 0 Å². The molecule has 0 radical (unpaired) electrons. The number of sulfonamides is 1. The first-order valence-electron chi connectivity index (χ1n) is 6.64. The summed E-state index contributed by atoms with van der Waals surface area (Å²) >= 11 is 0. The van der Waals surface area contributed by atoms with Crippen molar-refractivity contribution in [3.8, 4) is 0 Å². The van der Waals surface area contributed by atoms with Crippen molar-refractivity contribution in [2.75, 3.05) is 25.9 Å². The minimum absolute atomic E-state index is 0.00437. The first kappa shape index (κ1) is 16.4. The molecule has 3 N–H and O–H groups in total. The summed E-state index contributed by atoms with van der Waals surface area (Å²) in [5, 5.41) is 6.07. The van der Waals surface area contributed by atoms with E-state index < -0.39 is 15.6 Å². The van der Waals surface area contributed by atoms with E-state index in [0.29, 0.717) is 18.9 Å². The fourth-order valence-corrected chi connectivity index (χ4v) is 3.35. The predicted molar refractivity (Wildman–Crippen MR) is 75.3 cm³/mol. The molecule has 0 spiro atoms. The van der Waals surface area contributed by atoms with E-state index >= 15 is 0 Å². The number of nitrogens with one attached hydrogen (secondary N) is 3. The van der Waals surface area contributed by atoms with Gasteiger partial charge in [-0.3, -0.25) is 4.79 Å². The molecule has 1 saturated heterocycles. The van der Waals surface area contributed by atoms with Crippen LogP contribution in [-0.2, 0) is 14.8 Å². The summed E-state index contributed by atoms with van der Waals surface area (Å²) in [4.78, 5) is 11.8. The average Bonchev–Trinajstić information content (AvgIpc) is 2.25. The lowest BCUT2D eigenvalue weighted by Gasteiger charge is -2.26. The molecule has 0 unspecified atom stereocenters. The molecule has 1 fully saturated rings. The second-order valence-corrected chi connectivity index (χ2v) is 7.68. The maximum absolute atomic E-state index is 11.8. The second kappa shape index (κ2) is 6.67. The molecule has 6 nitrogen and oxygen atoms in total. The predicted octanol–water partition coefficient (Wildman–Crippen LogP) is -0.180. The van der Waals surface area contributed by atoms with Crippen LogP contribution < -0.4 is 15.4 Å². The Labute approximate surface area is 115 Å². The summed E-state index contributed by atoms with van der Waals surface area (Å²) in [6.07, 6.45) is 3.69. The van der Waals surface area contributed by atoms with E-state index in [1.54, 1.807) is 13.8 Å². The number of amides is 1. The van der Waals surface area contributed by atoms with Crippen molar-refractivity contribution in [3.63, 3.8) is 0 Å². The van der Waals surface area contributed by atoms with Gasteiger partial charge in [0.15, 0.2) is 0 Å². The maximum Gasteiger partial charge on any atom is 0.220 e. The highest BCUT2D eigenvalue weighted by Crippen LogP contribution is 2.15. The normalized spacial score (nSPS) is 18.3. The van der Waals surface area contributed by atoms with Crippen LogP contribution in [0.2, 0.25) is 0 Å². The summed E-state index contributed by atoms with van der Waals surface area (Å²) in [5.74, 6) is 0.433. The first-order chi connectivity index (χ1) is 8.68. The molecule has 112 valence electrons. The smallest absolute Gasteiger partial charge is 0.220 e. The van der Waals surface area contributed by atoms with Crippen LogP contribution in [0, 0.1) is 5.92 Å². The molecule has 0 aromatic carbocycles. The van der Waals surface area contributed by atoms with Gasteiger partial charge in [-0.1, -0.05) is 0 Å². The molecule has 1 aliphatic heterocycles. The molecule has 1 aliphatic rings. The minimum atomic E-state index is -3.27. The SMILES string of the molecule is CC(C)(CNC(=O)CC1CCNCC1)NS(C)(=O)=O. The second-order valence-electron chi connectivity index (χ2n) is 5.93. The van der Waals surface area contributed by atoms with Gasteiger partial charge in [0.05, 0.1) is 6.26 Å². The molecule has 0 aromatic heterocycles. The summed E-state index contributed by atoms with van der Waals surface area (Å²) in [6.45, 7) is 5.74. The van der Waals surface area contributed by atoms with Crippen LogP contribution in [0.3, 0.4) is 0 Å². The molecule has 19 heavy (non-hydrogen) atoms. The Morgan fingerprint density at radius 2 is 1.89 bits per heavy atom. The molecule has 1 heterocycles. The zero-order valence-electron chi connectivity index (χ0n) is 12.0. The van der Waals surface area contributed by atoms with Gasteiger partial charge in [0.1, 0.15) is 0 Å². The maximum atomic E-state index is 11.8. The van der Waals surface area contributed by atoms with E-state index in [4.69, 9.17) is 0 Å². The lowest BCUT2D eigenvalue weighted by molar-refractivity contribution is -0.122. The first-order valence-corrected chi connectivity index (χ1v) is 8.53. The Kier molecular flexibility index (Phi) is 5.76. The van der Waals surface area contributed by atoms with Crippen molar-refractivity contribution >= 4 is 15.9 Å². The van der Waals surface area contributed by atoms with Crippen molar-refractivity contribution in [1.29, 1.82) is 0 Å². The van der Waals surface area contributed by atoms with Crippen molar-refractivity contribution in [3.05, 3.63) is 0 Å². The van der Waals surface area contributed by atoms with Crippen LogP contribution in [0.5, 0.6) is 0 Å². The van der Waals surface area contributed by atoms with Crippen molar-refractivity contribution in [2.45, 2.75) is 38.6 Å². The van der Waals surface area contributed by atoms with Gasteiger partial charge in [-0.2, -0.15) is 0 Å². The minimum Gasteiger partial charge on any atom is -0.354 e. The third-order valence-corrected chi connectivity index (χ3v) is 4.05. The zero-order valence-corrected chi connectivity index (χ0v) is 12.8. The molecular weight excluding hydrogens is 266 g/mol. The number of hydrogen-bond donors (Lipinski definition) is 3. The Bertz CT molecular complexity index is 400. The molecule has 0 saturated carbocycles. The number of hydrogen-bond acceptors (Lipinski definition) is 4. The van der Waals surface area contributed by atoms with E-state index in [9.17, 15) is 13.2 Å². The Balaban J connectivity index is 2.32. The summed E-state index contributed by atoms with van der Waals surface area (Å²) < 4.78 is 24.9. The van der Waals surface area contributed by atoms with Gasteiger partial charge in [0, 0.05) is 18.5 Å². The fourth-order valence-electron chi connectivity index (χ4n) is 2.28. The van der Waals surface area contributed by atoms with Crippen LogP contribution in [0.25, 0.3) is 0 Å². The highest BCUT2D eigenvalue weighted by molar-refractivity contribution is 7.88. The van der Waals surface area contributed by atoms with Crippen molar-refractivity contribution in [2.24, 2.45) is 5.92 Å². The summed E-state index contributed by atoms with van der Waals surface area (Å²) in [6, 6.07) is 0.